The fourth-order valence-corrected chi connectivity index (χ4v) is 3.56. The second-order valence-corrected chi connectivity index (χ2v) is 6.47. The molecule has 2 saturated heterocycles. The molecular formula is C15H23F3N4. The fraction of sp³-hybridized carbons (Fsp3) is 0.800. The van der Waals surface area contributed by atoms with Crippen molar-refractivity contribution >= 4 is 0 Å². The molecule has 0 bridgehead atoms. The van der Waals surface area contributed by atoms with Crippen LogP contribution in [-0.4, -0.2) is 47.6 Å². The van der Waals surface area contributed by atoms with E-state index in [1.54, 1.807) is 0 Å². The Labute approximate surface area is 128 Å². The molecular weight excluding hydrogens is 293 g/mol. The van der Waals surface area contributed by atoms with Gasteiger partial charge in [-0.25, -0.2) is 4.98 Å². The predicted octanol–water partition coefficient (Wildman–Crippen LogP) is 2.61. The molecule has 3 rings (SSSR count). The van der Waals surface area contributed by atoms with E-state index in [1.807, 2.05) is 0 Å². The van der Waals surface area contributed by atoms with Crippen molar-refractivity contribution in [2.45, 2.75) is 37.8 Å². The zero-order valence-corrected chi connectivity index (χ0v) is 12.6. The van der Waals surface area contributed by atoms with E-state index in [-0.39, 0.29) is 5.92 Å². The minimum Gasteiger partial charge on any atom is -0.338 e. The van der Waals surface area contributed by atoms with E-state index in [0.717, 1.165) is 51.8 Å². The summed E-state index contributed by atoms with van der Waals surface area (Å²) >= 11 is 0. The van der Waals surface area contributed by atoms with Crippen molar-refractivity contribution in [2.24, 2.45) is 5.92 Å². The molecule has 0 aromatic carbocycles. The van der Waals surface area contributed by atoms with Gasteiger partial charge in [-0.2, -0.15) is 13.2 Å². The smallest absolute Gasteiger partial charge is 0.338 e. The monoisotopic (exact) mass is 316 g/mol. The standard InChI is InChI=1S/C15H23F3N4/c16-15(17,18)13-8-20-14(21-13)12-2-1-7-22(10-12)9-11-3-5-19-6-4-11/h8,11-12,19H,1-7,9-10H2,(H,20,21). The van der Waals surface area contributed by atoms with Gasteiger partial charge in [-0.15, -0.1) is 0 Å². The van der Waals surface area contributed by atoms with Gasteiger partial charge in [-0.05, 0) is 51.2 Å². The molecule has 4 nitrogen and oxygen atoms in total. The molecule has 1 aromatic heterocycles. The Morgan fingerprint density at radius 2 is 2.00 bits per heavy atom. The number of hydrogen-bond donors (Lipinski definition) is 2. The van der Waals surface area contributed by atoms with Gasteiger partial charge in [-0.1, -0.05) is 0 Å². The number of nitrogens with zero attached hydrogens (tertiary/aromatic N) is 2. The summed E-state index contributed by atoms with van der Waals surface area (Å²) in [6, 6.07) is 0. The molecule has 0 aliphatic carbocycles. The molecule has 0 amide bonds. The number of alkyl halides is 3. The van der Waals surface area contributed by atoms with Crippen molar-refractivity contribution in [3.05, 3.63) is 17.7 Å². The van der Waals surface area contributed by atoms with E-state index in [0.29, 0.717) is 11.7 Å². The first kappa shape index (κ1) is 15.8. The second-order valence-electron chi connectivity index (χ2n) is 6.47. The van der Waals surface area contributed by atoms with Crippen LogP contribution in [-0.2, 0) is 6.18 Å². The predicted molar refractivity (Wildman–Crippen MR) is 77.6 cm³/mol. The summed E-state index contributed by atoms with van der Waals surface area (Å²) in [4.78, 5) is 8.85. The Kier molecular flexibility index (Phi) is 4.73. The van der Waals surface area contributed by atoms with Crippen molar-refractivity contribution in [1.82, 2.24) is 20.2 Å². The summed E-state index contributed by atoms with van der Waals surface area (Å²) in [6.07, 6.45) is 0.904. The van der Waals surface area contributed by atoms with Crippen LogP contribution >= 0.6 is 0 Å². The lowest BCUT2D eigenvalue weighted by atomic mass is 9.93. The summed E-state index contributed by atoms with van der Waals surface area (Å²) in [5.41, 5.74) is -0.738. The van der Waals surface area contributed by atoms with Gasteiger partial charge in [0.05, 0.1) is 6.20 Å². The Balaban J connectivity index is 1.59. The van der Waals surface area contributed by atoms with E-state index in [2.05, 4.69) is 20.2 Å². The lowest BCUT2D eigenvalue weighted by Crippen LogP contribution is -2.40. The number of imidazole rings is 1. The Morgan fingerprint density at radius 3 is 2.68 bits per heavy atom. The van der Waals surface area contributed by atoms with Crippen LogP contribution in [0.25, 0.3) is 0 Å². The van der Waals surface area contributed by atoms with Gasteiger partial charge in [0.2, 0.25) is 0 Å². The maximum atomic E-state index is 12.7. The molecule has 0 spiro atoms. The highest BCUT2D eigenvalue weighted by atomic mass is 19.4. The number of likely N-dealkylation sites (tertiary alicyclic amines) is 1. The number of halogens is 3. The molecule has 2 aliphatic rings. The lowest BCUT2D eigenvalue weighted by molar-refractivity contribution is -0.141. The number of aromatic amines is 1. The zero-order valence-electron chi connectivity index (χ0n) is 12.6. The first-order chi connectivity index (χ1) is 10.5. The van der Waals surface area contributed by atoms with Crippen LogP contribution in [0.15, 0.2) is 6.20 Å². The lowest BCUT2D eigenvalue weighted by Gasteiger charge is -2.35. The van der Waals surface area contributed by atoms with Crippen molar-refractivity contribution < 1.29 is 13.2 Å². The van der Waals surface area contributed by atoms with Crippen LogP contribution in [0.3, 0.4) is 0 Å². The Hall–Kier alpha value is -1.08. The first-order valence-electron chi connectivity index (χ1n) is 8.07. The molecule has 2 N–H and O–H groups in total. The van der Waals surface area contributed by atoms with Crippen LogP contribution in [0, 0.1) is 5.92 Å². The second kappa shape index (κ2) is 6.58. The maximum absolute atomic E-state index is 12.7. The van der Waals surface area contributed by atoms with Crippen molar-refractivity contribution in [1.29, 1.82) is 0 Å². The van der Waals surface area contributed by atoms with Crippen molar-refractivity contribution in [3.63, 3.8) is 0 Å². The third kappa shape index (κ3) is 3.81. The third-order valence-corrected chi connectivity index (χ3v) is 4.77. The highest BCUT2D eigenvalue weighted by Crippen LogP contribution is 2.31. The zero-order chi connectivity index (χ0) is 15.6. The van der Waals surface area contributed by atoms with E-state index in [9.17, 15) is 13.2 Å². The minimum atomic E-state index is -4.34. The topological polar surface area (TPSA) is 44.0 Å². The van der Waals surface area contributed by atoms with Gasteiger partial charge >= 0.3 is 6.18 Å². The molecule has 1 unspecified atom stereocenters. The first-order valence-corrected chi connectivity index (χ1v) is 8.07. The summed E-state index contributed by atoms with van der Waals surface area (Å²) in [5, 5.41) is 3.36. The van der Waals surface area contributed by atoms with Crippen LogP contribution in [0.1, 0.15) is 43.1 Å². The SMILES string of the molecule is FC(F)(F)c1cnc(C2CCCN(CC3CCNCC3)C2)[nH]1. The summed E-state index contributed by atoms with van der Waals surface area (Å²) in [5.74, 6) is 1.29. The molecule has 2 fully saturated rings. The molecule has 0 saturated carbocycles. The Morgan fingerprint density at radius 1 is 1.23 bits per heavy atom. The molecule has 1 atom stereocenters. The van der Waals surface area contributed by atoms with Gasteiger partial charge in [-0.3, -0.25) is 0 Å². The molecule has 124 valence electrons. The highest BCUT2D eigenvalue weighted by Gasteiger charge is 2.34. The molecule has 3 heterocycles. The highest BCUT2D eigenvalue weighted by molar-refractivity contribution is 5.09. The van der Waals surface area contributed by atoms with Crippen LogP contribution in [0.2, 0.25) is 0 Å². The van der Waals surface area contributed by atoms with Gasteiger partial charge in [0.25, 0.3) is 0 Å². The third-order valence-electron chi connectivity index (χ3n) is 4.77. The average Bonchev–Trinajstić information content (AvgIpc) is 2.99. The van der Waals surface area contributed by atoms with Crippen LogP contribution in [0.5, 0.6) is 0 Å². The summed E-state index contributed by atoms with van der Waals surface area (Å²) in [7, 11) is 0. The number of piperidine rings is 2. The number of rotatable bonds is 3. The fourth-order valence-electron chi connectivity index (χ4n) is 3.56. The van der Waals surface area contributed by atoms with E-state index < -0.39 is 11.9 Å². The largest absolute Gasteiger partial charge is 0.432 e. The van der Waals surface area contributed by atoms with Gasteiger partial charge in [0.1, 0.15) is 11.5 Å². The molecule has 22 heavy (non-hydrogen) atoms. The maximum Gasteiger partial charge on any atom is 0.432 e. The van der Waals surface area contributed by atoms with E-state index in [4.69, 9.17) is 0 Å². The van der Waals surface area contributed by atoms with Crippen LogP contribution in [0.4, 0.5) is 13.2 Å². The number of aromatic nitrogens is 2. The van der Waals surface area contributed by atoms with E-state index in [1.165, 1.54) is 12.8 Å². The molecule has 2 aliphatic heterocycles. The molecule has 1 aromatic rings. The summed E-state index contributed by atoms with van der Waals surface area (Å²) in [6.45, 7) is 5.08. The average molecular weight is 316 g/mol. The minimum absolute atomic E-state index is 0.0894. The van der Waals surface area contributed by atoms with Crippen molar-refractivity contribution in [2.75, 3.05) is 32.7 Å². The van der Waals surface area contributed by atoms with Crippen molar-refractivity contribution in [3.8, 4) is 0 Å². The number of hydrogen-bond acceptors (Lipinski definition) is 3. The Bertz CT molecular complexity index is 479. The number of H-pyrrole nitrogens is 1. The molecule has 7 heteroatoms. The van der Waals surface area contributed by atoms with Gasteiger partial charge < -0.3 is 15.2 Å². The summed E-state index contributed by atoms with van der Waals surface area (Å²) < 4.78 is 38.0. The number of nitrogens with one attached hydrogen (secondary N) is 2. The van der Waals surface area contributed by atoms with Crippen LogP contribution < -0.4 is 5.32 Å². The van der Waals surface area contributed by atoms with E-state index >= 15 is 0 Å². The van der Waals surface area contributed by atoms with Gasteiger partial charge in [0, 0.05) is 19.0 Å². The molecule has 0 radical (unpaired) electrons. The quantitative estimate of drug-likeness (QED) is 0.901. The van der Waals surface area contributed by atoms with Gasteiger partial charge in [0.15, 0.2) is 0 Å². The normalized spacial score (nSPS) is 25.5.